The van der Waals surface area contributed by atoms with Crippen molar-refractivity contribution in [2.24, 2.45) is 5.92 Å². The summed E-state index contributed by atoms with van der Waals surface area (Å²) in [6.07, 6.45) is 6.08. The molecule has 0 aromatic heterocycles. The van der Waals surface area contributed by atoms with Crippen LogP contribution in [0.25, 0.3) is 0 Å². The van der Waals surface area contributed by atoms with E-state index in [2.05, 4.69) is 5.32 Å². The number of imide groups is 1. The molecule has 6 nitrogen and oxygen atoms in total. The van der Waals surface area contributed by atoms with Crippen LogP contribution in [-0.2, 0) is 9.59 Å². The molecule has 2 fully saturated rings. The third-order valence-electron chi connectivity index (χ3n) is 5.27. The van der Waals surface area contributed by atoms with Gasteiger partial charge in [0, 0.05) is 12.1 Å². The number of hydrogen-bond donors (Lipinski definition) is 1. The highest BCUT2D eigenvalue weighted by molar-refractivity contribution is 6.08. The minimum Gasteiger partial charge on any atom is -0.336 e. The first-order valence-corrected chi connectivity index (χ1v) is 9.61. The molecule has 1 aliphatic carbocycles. The zero-order valence-electron chi connectivity index (χ0n) is 16.3. The van der Waals surface area contributed by atoms with Gasteiger partial charge in [-0.15, -0.1) is 0 Å². The Morgan fingerprint density at radius 3 is 2.32 bits per heavy atom. The molecule has 0 aromatic carbocycles. The van der Waals surface area contributed by atoms with Gasteiger partial charge in [0.1, 0.15) is 12.1 Å². The molecule has 25 heavy (non-hydrogen) atoms. The van der Waals surface area contributed by atoms with Crippen LogP contribution in [-0.4, -0.2) is 51.8 Å². The van der Waals surface area contributed by atoms with E-state index in [1.807, 2.05) is 32.6 Å². The fourth-order valence-electron chi connectivity index (χ4n) is 4.33. The van der Waals surface area contributed by atoms with Gasteiger partial charge in [0.2, 0.25) is 5.91 Å². The first kappa shape index (κ1) is 19.7. The first-order valence-electron chi connectivity index (χ1n) is 9.61. The summed E-state index contributed by atoms with van der Waals surface area (Å²) in [5, 5.41) is 2.78. The summed E-state index contributed by atoms with van der Waals surface area (Å²) in [4.78, 5) is 41.0. The van der Waals surface area contributed by atoms with E-state index < -0.39 is 11.6 Å². The van der Waals surface area contributed by atoms with Crippen molar-refractivity contribution in [3.05, 3.63) is 0 Å². The lowest BCUT2D eigenvalue weighted by molar-refractivity contribution is -0.142. The zero-order valence-corrected chi connectivity index (χ0v) is 16.3. The predicted octanol–water partition coefficient (Wildman–Crippen LogP) is 2.91. The third-order valence-corrected chi connectivity index (χ3v) is 5.27. The van der Waals surface area contributed by atoms with Crippen LogP contribution in [0, 0.1) is 5.92 Å². The van der Waals surface area contributed by atoms with Gasteiger partial charge in [-0.1, -0.05) is 33.1 Å². The van der Waals surface area contributed by atoms with Crippen molar-refractivity contribution in [1.82, 2.24) is 15.1 Å². The zero-order chi connectivity index (χ0) is 18.8. The number of amides is 4. The van der Waals surface area contributed by atoms with E-state index in [9.17, 15) is 14.4 Å². The number of carbonyl (C=O) groups excluding carboxylic acids is 3. The van der Waals surface area contributed by atoms with Crippen molar-refractivity contribution >= 4 is 17.8 Å². The Morgan fingerprint density at radius 2 is 1.80 bits per heavy atom. The highest BCUT2D eigenvalue weighted by Crippen LogP contribution is 2.27. The monoisotopic (exact) mass is 351 g/mol. The lowest BCUT2D eigenvalue weighted by Crippen LogP contribution is -2.51. The van der Waals surface area contributed by atoms with Gasteiger partial charge in [-0.2, -0.15) is 0 Å². The molecule has 1 saturated heterocycles. The SMILES string of the molecule is CC(C)C[C@]1(C)NC(=O)N(CC(=O)N(C(C)C)C2CCCCC2)C1=O. The molecule has 0 radical (unpaired) electrons. The lowest BCUT2D eigenvalue weighted by atomic mass is 9.91. The molecule has 1 aliphatic heterocycles. The van der Waals surface area contributed by atoms with E-state index in [1.54, 1.807) is 6.92 Å². The van der Waals surface area contributed by atoms with Crippen molar-refractivity contribution in [3.63, 3.8) is 0 Å². The molecular weight excluding hydrogens is 318 g/mol. The van der Waals surface area contributed by atoms with Gasteiger partial charge < -0.3 is 10.2 Å². The largest absolute Gasteiger partial charge is 0.336 e. The van der Waals surface area contributed by atoms with Crippen molar-refractivity contribution in [1.29, 1.82) is 0 Å². The van der Waals surface area contributed by atoms with Crippen molar-refractivity contribution in [2.45, 2.75) is 90.8 Å². The summed E-state index contributed by atoms with van der Waals surface area (Å²) in [7, 11) is 0. The minimum atomic E-state index is -0.904. The normalized spacial score (nSPS) is 25.0. The molecule has 1 heterocycles. The van der Waals surface area contributed by atoms with Crippen molar-refractivity contribution in [2.75, 3.05) is 6.54 Å². The van der Waals surface area contributed by atoms with E-state index in [1.165, 1.54) is 6.42 Å². The van der Waals surface area contributed by atoms with Gasteiger partial charge in [0.05, 0.1) is 0 Å². The lowest BCUT2D eigenvalue weighted by Gasteiger charge is -2.38. The van der Waals surface area contributed by atoms with Crippen LogP contribution in [0.5, 0.6) is 0 Å². The maximum absolute atomic E-state index is 12.9. The highest BCUT2D eigenvalue weighted by Gasteiger charge is 2.48. The molecule has 2 rings (SSSR count). The van der Waals surface area contributed by atoms with E-state index in [4.69, 9.17) is 0 Å². The fraction of sp³-hybridized carbons (Fsp3) is 0.842. The quantitative estimate of drug-likeness (QED) is 0.748. The van der Waals surface area contributed by atoms with Gasteiger partial charge in [-0.05, 0) is 46.0 Å². The predicted molar refractivity (Wildman–Crippen MR) is 97.0 cm³/mol. The Labute approximate surface area is 151 Å². The summed E-state index contributed by atoms with van der Waals surface area (Å²) in [5.41, 5.74) is -0.904. The number of nitrogens with zero attached hydrogens (tertiary/aromatic N) is 2. The van der Waals surface area contributed by atoms with E-state index in [-0.39, 0.29) is 36.4 Å². The molecule has 6 heteroatoms. The van der Waals surface area contributed by atoms with Crippen LogP contribution >= 0.6 is 0 Å². The van der Waals surface area contributed by atoms with E-state index >= 15 is 0 Å². The van der Waals surface area contributed by atoms with Gasteiger partial charge in [0.15, 0.2) is 0 Å². The highest BCUT2D eigenvalue weighted by atomic mass is 16.2. The van der Waals surface area contributed by atoms with Crippen LogP contribution in [0.15, 0.2) is 0 Å². The summed E-state index contributed by atoms with van der Waals surface area (Å²) in [5.74, 6) is -0.134. The Morgan fingerprint density at radius 1 is 1.20 bits per heavy atom. The summed E-state index contributed by atoms with van der Waals surface area (Å²) in [6.45, 7) is 9.62. The van der Waals surface area contributed by atoms with Crippen molar-refractivity contribution < 1.29 is 14.4 Å². The van der Waals surface area contributed by atoms with Crippen LogP contribution in [0.3, 0.4) is 0 Å². The maximum Gasteiger partial charge on any atom is 0.325 e. The second-order valence-electron chi connectivity index (χ2n) is 8.44. The molecule has 0 spiro atoms. The average molecular weight is 351 g/mol. The number of urea groups is 1. The molecule has 142 valence electrons. The molecule has 4 amide bonds. The third kappa shape index (κ3) is 4.33. The fourth-order valence-corrected chi connectivity index (χ4v) is 4.33. The number of hydrogen-bond acceptors (Lipinski definition) is 3. The Kier molecular flexibility index (Phi) is 6.12. The molecule has 1 saturated carbocycles. The Hall–Kier alpha value is -1.59. The van der Waals surface area contributed by atoms with Crippen LogP contribution in [0.4, 0.5) is 4.79 Å². The molecule has 0 unspecified atom stereocenters. The van der Waals surface area contributed by atoms with Crippen molar-refractivity contribution in [3.8, 4) is 0 Å². The standard InChI is InChI=1S/C19H33N3O3/c1-13(2)11-19(5)17(24)21(18(25)20-19)12-16(23)22(14(3)4)15-9-7-6-8-10-15/h13-15H,6-12H2,1-5H3,(H,20,25)/t19-/m0/s1. The number of nitrogens with one attached hydrogen (secondary N) is 1. The average Bonchev–Trinajstić information content (AvgIpc) is 2.70. The first-order chi connectivity index (χ1) is 11.7. The Bertz CT molecular complexity index is 526. The molecule has 0 aromatic rings. The Balaban J connectivity index is 2.09. The summed E-state index contributed by atoms with van der Waals surface area (Å²) < 4.78 is 0. The van der Waals surface area contributed by atoms with Gasteiger partial charge in [0.25, 0.3) is 5.91 Å². The second kappa shape index (κ2) is 7.75. The summed E-state index contributed by atoms with van der Waals surface area (Å²) >= 11 is 0. The van der Waals surface area contributed by atoms with Gasteiger partial charge in [-0.3, -0.25) is 14.5 Å². The van der Waals surface area contributed by atoms with Crippen LogP contribution in [0.2, 0.25) is 0 Å². The molecule has 1 N–H and O–H groups in total. The van der Waals surface area contributed by atoms with E-state index in [0.717, 1.165) is 30.6 Å². The van der Waals surface area contributed by atoms with Crippen LogP contribution < -0.4 is 5.32 Å². The molecular formula is C19H33N3O3. The summed E-state index contributed by atoms with van der Waals surface area (Å²) in [6, 6.07) is -0.156. The molecule has 2 aliphatic rings. The van der Waals surface area contributed by atoms with Gasteiger partial charge >= 0.3 is 6.03 Å². The minimum absolute atomic E-state index is 0.0680. The van der Waals surface area contributed by atoms with Gasteiger partial charge in [-0.25, -0.2) is 4.79 Å². The van der Waals surface area contributed by atoms with E-state index in [0.29, 0.717) is 6.42 Å². The molecule has 1 atom stereocenters. The molecule has 0 bridgehead atoms. The van der Waals surface area contributed by atoms with Crippen LogP contribution in [0.1, 0.15) is 73.1 Å². The smallest absolute Gasteiger partial charge is 0.325 e. The number of carbonyl (C=O) groups is 3. The number of rotatable bonds is 6. The topological polar surface area (TPSA) is 69.7 Å². The second-order valence-corrected chi connectivity index (χ2v) is 8.44. The maximum atomic E-state index is 12.9.